The first kappa shape index (κ1) is 26.4. The number of nitrogens with two attached hydrogens (primary N) is 1. The molecule has 0 fully saturated rings. The molecule has 3 aromatic carbocycles. The molecule has 0 aromatic heterocycles. The predicted molar refractivity (Wildman–Crippen MR) is 133 cm³/mol. The molecule has 0 unspecified atom stereocenters. The van der Waals surface area contributed by atoms with Crippen molar-refractivity contribution in [3.8, 4) is 11.5 Å². The fourth-order valence-electron chi connectivity index (χ4n) is 4.26. The van der Waals surface area contributed by atoms with Gasteiger partial charge in [-0.3, -0.25) is 9.11 Å². The third kappa shape index (κ3) is 4.48. The number of nitrogen functional groups attached to an aromatic ring is 1. The van der Waals surface area contributed by atoms with Crippen molar-refractivity contribution in [1.82, 2.24) is 0 Å². The van der Waals surface area contributed by atoms with Crippen LogP contribution in [0.2, 0.25) is 0 Å². The van der Waals surface area contributed by atoms with Gasteiger partial charge in [-0.25, -0.2) is 0 Å². The second-order valence-corrected chi connectivity index (χ2v) is 12.2. The van der Waals surface area contributed by atoms with Crippen LogP contribution in [0.1, 0.15) is 47.8 Å². The van der Waals surface area contributed by atoms with Crippen molar-refractivity contribution in [3.63, 3.8) is 0 Å². The number of ether oxygens (including phenoxy) is 1. The normalized spacial score (nSPS) is 13.5. The summed E-state index contributed by atoms with van der Waals surface area (Å²) in [5.74, 6) is -2.61. The van der Waals surface area contributed by atoms with Crippen molar-refractivity contribution in [2.75, 3.05) is 5.73 Å². The summed E-state index contributed by atoms with van der Waals surface area (Å²) in [7, 11) is -9.98. The molecule has 12 heteroatoms. The number of anilines is 1. The average molecular weight is 545 g/mol. The number of carbonyl (C=O) groups excluding carboxylic acids is 1. The van der Waals surface area contributed by atoms with Crippen molar-refractivity contribution >= 4 is 44.0 Å². The van der Waals surface area contributed by atoms with Crippen molar-refractivity contribution in [2.45, 2.75) is 36.0 Å². The van der Waals surface area contributed by atoms with E-state index in [0.717, 1.165) is 0 Å². The van der Waals surface area contributed by atoms with E-state index in [2.05, 4.69) is 6.58 Å². The van der Waals surface area contributed by atoms with Gasteiger partial charge in [0.15, 0.2) is 16.4 Å². The molecule has 0 radical (unpaired) electrons. The Balaban J connectivity index is 2.30. The molecular weight excluding hydrogens is 522 g/mol. The Labute approximate surface area is 212 Å². The molecule has 0 bridgehead atoms. The van der Waals surface area contributed by atoms with Crippen LogP contribution < -0.4 is 26.0 Å². The highest BCUT2D eigenvalue weighted by Gasteiger charge is 2.33. The van der Waals surface area contributed by atoms with Crippen LogP contribution in [0.3, 0.4) is 0 Å². The molecule has 0 aliphatic carbocycles. The zero-order valence-electron chi connectivity index (χ0n) is 19.9. The largest absolute Gasteiger partial charge is 0.545 e. The third-order valence-corrected chi connectivity index (χ3v) is 7.87. The Hall–Kier alpha value is -3.71. The van der Waals surface area contributed by atoms with Gasteiger partial charge in [0.2, 0.25) is 0 Å². The van der Waals surface area contributed by atoms with Crippen LogP contribution in [0.15, 0.2) is 52.3 Å². The number of rotatable bonds is 4. The van der Waals surface area contributed by atoms with Crippen molar-refractivity contribution < 1.29 is 40.6 Å². The summed E-state index contributed by atoms with van der Waals surface area (Å²) in [4.78, 5) is 10.6. The van der Waals surface area contributed by atoms with Gasteiger partial charge in [0.05, 0.1) is 11.7 Å². The van der Waals surface area contributed by atoms with E-state index >= 15 is 0 Å². The van der Waals surface area contributed by atoms with Crippen molar-refractivity contribution in [3.05, 3.63) is 75.2 Å². The first-order valence-electron chi connectivity index (χ1n) is 10.7. The lowest BCUT2D eigenvalue weighted by atomic mass is 9.82. The maximum atomic E-state index is 12.3. The standard InChI is InChI=1S/C25H23NO9S2/c1-12-5-7-15-19(14-8-6-13(25(2,3)4)11-17(14)24(27)28)16-9-10-18(26)23(37(32,33)34)21(16)35-20(15)22(12)36(29,30)31/h5-11H,1,26H2,2-4H3,(H,27,28)(H,29,30,31)(H,32,33,34)/p-1. The van der Waals surface area contributed by atoms with Crippen molar-refractivity contribution in [2.24, 2.45) is 0 Å². The number of fused-ring (bicyclic) bond motifs is 2. The van der Waals surface area contributed by atoms with Gasteiger partial charge in [0.1, 0.15) is 4.90 Å². The quantitative estimate of drug-likeness (QED) is 0.249. The minimum atomic E-state index is -5.01. The second kappa shape index (κ2) is 8.42. The molecule has 194 valence electrons. The molecule has 0 spiro atoms. The molecule has 3 aromatic rings. The highest BCUT2D eigenvalue weighted by molar-refractivity contribution is 7.86. The molecule has 0 saturated heterocycles. The molecule has 4 rings (SSSR count). The number of hydrogen-bond acceptors (Lipinski definition) is 8. The summed E-state index contributed by atoms with van der Waals surface area (Å²) in [6, 6.07) is 9.76. The van der Waals surface area contributed by atoms with E-state index < -0.39 is 58.6 Å². The van der Waals surface area contributed by atoms with E-state index in [0.29, 0.717) is 5.56 Å². The lowest BCUT2D eigenvalue weighted by Gasteiger charge is -2.27. The first-order chi connectivity index (χ1) is 16.9. The van der Waals surface area contributed by atoms with Gasteiger partial charge in [-0.2, -0.15) is 16.8 Å². The smallest absolute Gasteiger partial charge is 0.300 e. The molecular formula is C25H22NO9S2-. The summed E-state index contributed by atoms with van der Waals surface area (Å²) < 4.78 is 74.6. The second-order valence-electron chi connectivity index (χ2n) is 9.52. The van der Waals surface area contributed by atoms with Gasteiger partial charge in [-0.05, 0) is 46.0 Å². The topological polar surface area (TPSA) is 184 Å². The highest BCUT2D eigenvalue weighted by atomic mass is 32.2. The van der Waals surface area contributed by atoms with E-state index in [9.17, 15) is 35.8 Å². The predicted octanol–water partition coefficient (Wildman–Crippen LogP) is 1.19. The molecule has 37 heavy (non-hydrogen) atoms. The van der Waals surface area contributed by atoms with Gasteiger partial charge in [-0.15, -0.1) is 0 Å². The molecule has 1 heterocycles. The maximum absolute atomic E-state index is 12.3. The summed E-state index contributed by atoms with van der Waals surface area (Å²) >= 11 is 0. The van der Waals surface area contributed by atoms with Gasteiger partial charge in [0, 0.05) is 21.9 Å². The summed E-state index contributed by atoms with van der Waals surface area (Å²) in [6.07, 6.45) is 0. The van der Waals surface area contributed by atoms with Crippen LogP contribution in [0.4, 0.5) is 5.69 Å². The van der Waals surface area contributed by atoms with Crippen LogP contribution in [-0.4, -0.2) is 31.9 Å². The highest BCUT2D eigenvalue weighted by Crippen LogP contribution is 2.44. The molecule has 4 N–H and O–H groups in total. The fourth-order valence-corrected chi connectivity index (χ4v) is 5.80. The monoisotopic (exact) mass is 544 g/mol. The summed E-state index contributed by atoms with van der Waals surface area (Å²) in [5.41, 5.74) is 5.46. The van der Waals surface area contributed by atoms with Gasteiger partial charge in [-0.1, -0.05) is 45.5 Å². The Morgan fingerprint density at radius 1 is 0.919 bits per heavy atom. The summed E-state index contributed by atoms with van der Waals surface area (Å²) in [6.45, 7) is 9.23. The van der Waals surface area contributed by atoms with Crippen molar-refractivity contribution in [1.29, 1.82) is 0 Å². The van der Waals surface area contributed by atoms with E-state index in [1.54, 1.807) is 6.07 Å². The van der Waals surface area contributed by atoms with Crippen LogP contribution in [0.5, 0.6) is 11.5 Å². The zero-order chi connectivity index (χ0) is 27.7. The third-order valence-electron chi connectivity index (χ3n) is 5.97. The molecule has 10 nitrogen and oxygen atoms in total. The van der Waals surface area contributed by atoms with Crippen LogP contribution in [0, 0.1) is 0 Å². The van der Waals surface area contributed by atoms with E-state index in [-0.39, 0.29) is 32.7 Å². The minimum absolute atomic E-state index is 0.00145. The number of aromatic carboxylic acids is 1. The Morgan fingerprint density at radius 2 is 1.51 bits per heavy atom. The Bertz CT molecular complexity index is 1840. The molecule has 1 aliphatic heterocycles. The zero-order valence-corrected chi connectivity index (χ0v) is 21.5. The lowest BCUT2D eigenvalue weighted by Crippen LogP contribution is -2.29. The van der Waals surface area contributed by atoms with Crippen LogP contribution in [0.25, 0.3) is 12.2 Å². The molecule has 1 aliphatic rings. The lowest BCUT2D eigenvalue weighted by molar-refractivity contribution is -0.255. The Morgan fingerprint density at radius 3 is 2.05 bits per heavy atom. The Kier molecular flexibility index (Phi) is 5.99. The number of carboxylic acids is 1. The van der Waals surface area contributed by atoms with E-state index in [1.807, 2.05) is 20.8 Å². The van der Waals surface area contributed by atoms with E-state index in [4.69, 9.17) is 10.5 Å². The number of carboxylic acid groups (broad SMARTS) is 1. The number of carbonyl (C=O) groups is 1. The van der Waals surface area contributed by atoms with E-state index in [1.165, 1.54) is 36.4 Å². The average Bonchev–Trinajstić information content (AvgIpc) is 2.74. The molecule has 0 saturated carbocycles. The SMILES string of the molecule is C=c1ccc2c(c1S(=O)(=O)O)Oc1c(ccc(N)c1S(=O)(=O)O)C=2c1ccc(C(C)(C)C)cc1C(=O)[O-]. The number of hydrogen-bond donors (Lipinski definition) is 3. The van der Waals surface area contributed by atoms with Gasteiger partial charge >= 0.3 is 0 Å². The van der Waals surface area contributed by atoms with Crippen LogP contribution in [-0.2, 0) is 25.7 Å². The van der Waals surface area contributed by atoms with Gasteiger partial charge < -0.3 is 20.4 Å². The van der Waals surface area contributed by atoms with Gasteiger partial charge in [0.25, 0.3) is 20.2 Å². The molecule has 0 atom stereocenters. The summed E-state index contributed by atoms with van der Waals surface area (Å²) in [5, 5.41) is 12.1. The fraction of sp³-hybridized carbons (Fsp3) is 0.160. The minimum Gasteiger partial charge on any atom is -0.545 e. The molecule has 0 amide bonds. The first-order valence-corrected chi connectivity index (χ1v) is 13.6. The number of benzene rings is 3. The van der Waals surface area contributed by atoms with Crippen LogP contribution >= 0.6 is 0 Å². The maximum Gasteiger partial charge on any atom is 0.300 e.